The highest BCUT2D eigenvalue weighted by Crippen LogP contribution is 2.20. The Morgan fingerprint density at radius 3 is 2.57 bits per heavy atom. The van der Waals surface area contributed by atoms with E-state index in [1.165, 1.54) is 24.2 Å². The molecule has 2 aliphatic heterocycles. The molecule has 10 heteroatoms. The highest BCUT2D eigenvalue weighted by atomic mass is 16.5. The fourth-order valence-corrected chi connectivity index (χ4v) is 4.52. The van der Waals surface area contributed by atoms with Crippen LogP contribution in [0.4, 0.5) is 0 Å². The first-order chi connectivity index (χ1) is 17.7. The molecule has 1 saturated heterocycles. The normalized spacial score (nSPS) is 22.7. The first-order valence-electron chi connectivity index (χ1n) is 13.3. The van der Waals surface area contributed by atoms with Crippen LogP contribution in [0.5, 0.6) is 5.75 Å². The molecule has 0 spiro atoms. The summed E-state index contributed by atoms with van der Waals surface area (Å²) in [4.78, 5) is 55.4. The summed E-state index contributed by atoms with van der Waals surface area (Å²) in [5, 5.41) is 8.67. The number of carbonyl (C=O) groups is 4. The zero-order chi connectivity index (χ0) is 26.8. The summed E-state index contributed by atoms with van der Waals surface area (Å²) in [7, 11) is 1.56. The summed E-state index contributed by atoms with van der Waals surface area (Å²) in [6.07, 6.45) is 3.70. The Morgan fingerprint density at radius 2 is 1.84 bits per heavy atom. The topological polar surface area (TPSA) is 120 Å². The van der Waals surface area contributed by atoms with Crippen molar-refractivity contribution in [3.8, 4) is 5.75 Å². The van der Waals surface area contributed by atoms with E-state index in [0.717, 1.165) is 19.6 Å². The molecule has 0 aliphatic carbocycles. The predicted molar refractivity (Wildman–Crippen MR) is 140 cm³/mol. The van der Waals surface area contributed by atoms with Gasteiger partial charge in [0.1, 0.15) is 18.4 Å². The lowest BCUT2D eigenvalue weighted by atomic mass is 10.1. The molecule has 1 aromatic carbocycles. The van der Waals surface area contributed by atoms with Crippen LogP contribution in [0, 0.1) is 5.92 Å². The van der Waals surface area contributed by atoms with Gasteiger partial charge in [0, 0.05) is 26.6 Å². The first kappa shape index (κ1) is 28.4. The molecule has 204 valence electrons. The predicted octanol–water partition coefficient (Wildman–Crippen LogP) is 1.16. The highest BCUT2D eigenvalue weighted by Gasteiger charge is 2.27. The molecule has 3 N–H and O–H groups in total. The lowest BCUT2D eigenvalue weighted by molar-refractivity contribution is -0.135. The van der Waals surface area contributed by atoms with E-state index in [1.807, 2.05) is 13.8 Å². The summed E-state index contributed by atoms with van der Waals surface area (Å²) in [5.74, 6) is -0.911. The van der Waals surface area contributed by atoms with E-state index < -0.39 is 11.9 Å². The smallest absolute Gasteiger partial charge is 0.255 e. The lowest BCUT2D eigenvalue weighted by Gasteiger charge is -2.27. The van der Waals surface area contributed by atoms with Gasteiger partial charge in [-0.05, 0) is 50.4 Å². The number of hydrogen-bond donors (Lipinski definition) is 3. The van der Waals surface area contributed by atoms with Crippen molar-refractivity contribution in [2.24, 2.45) is 5.92 Å². The van der Waals surface area contributed by atoms with Crippen LogP contribution in [0.2, 0.25) is 0 Å². The average Bonchev–Trinajstić information content (AvgIpc) is 2.88. The van der Waals surface area contributed by atoms with E-state index in [9.17, 15) is 19.2 Å². The van der Waals surface area contributed by atoms with Gasteiger partial charge in [0.2, 0.25) is 17.7 Å². The Bertz CT molecular complexity index is 947. The molecule has 2 heterocycles. The molecule has 37 heavy (non-hydrogen) atoms. The minimum Gasteiger partial charge on any atom is -0.491 e. The molecule has 0 saturated carbocycles. The van der Waals surface area contributed by atoms with Crippen LogP contribution in [0.3, 0.4) is 0 Å². The van der Waals surface area contributed by atoms with Crippen molar-refractivity contribution in [1.82, 2.24) is 25.8 Å². The van der Waals surface area contributed by atoms with Gasteiger partial charge in [-0.15, -0.1) is 0 Å². The van der Waals surface area contributed by atoms with E-state index in [2.05, 4.69) is 20.9 Å². The number of hydrogen-bond acceptors (Lipinski definition) is 6. The van der Waals surface area contributed by atoms with Gasteiger partial charge in [0.15, 0.2) is 0 Å². The minimum atomic E-state index is -0.901. The number of amides is 4. The van der Waals surface area contributed by atoms with Crippen molar-refractivity contribution >= 4 is 23.6 Å². The maximum absolute atomic E-state index is 13.2. The average molecular weight is 516 g/mol. The Kier molecular flexibility index (Phi) is 10.7. The molecule has 10 nitrogen and oxygen atoms in total. The molecule has 1 fully saturated rings. The lowest BCUT2D eigenvalue weighted by Crippen LogP contribution is -2.49. The van der Waals surface area contributed by atoms with Crippen LogP contribution in [-0.2, 0) is 14.4 Å². The van der Waals surface area contributed by atoms with Gasteiger partial charge in [-0.3, -0.25) is 19.2 Å². The number of piperidine rings is 1. The molecule has 0 aromatic heterocycles. The maximum Gasteiger partial charge on any atom is 0.255 e. The summed E-state index contributed by atoms with van der Waals surface area (Å²) >= 11 is 0. The number of nitrogens with zero attached hydrogens (tertiary/aromatic N) is 2. The number of ether oxygens (including phenoxy) is 1. The van der Waals surface area contributed by atoms with E-state index >= 15 is 0 Å². The first-order valence-corrected chi connectivity index (χ1v) is 13.3. The molecule has 0 unspecified atom stereocenters. The standard InChI is InChI=1S/C27H41N5O5/c1-19(2)22-18-37-23-10-6-5-9-20(23)26(35)30-21(11-12-25(34)31(3)17-24(33)29-22)27(36)28-13-16-32-14-7-4-8-15-32/h5-6,9-10,19,21-22H,4,7-8,11-18H2,1-3H3,(H,28,36)(H,29,33)(H,30,35)/t21-,22+/m0/s1. The van der Waals surface area contributed by atoms with Gasteiger partial charge in [0.25, 0.3) is 5.91 Å². The Hall–Kier alpha value is -3.14. The molecule has 2 atom stereocenters. The fourth-order valence-electron chi connectivity index (χ4n) is 4.52. The van der Waals surface area contributed by atoms with Crippen LogP contribution in [0.1, 0.15) is 56.3 Å². The SMILES string of the molecule is CC(C)[C@H]1COc2ccccc2C(=O)N[C@H](C(=O)NCCN2CCCCC2)CCC(=O)N(C)CC(=O)N1. The Morgan fingerprint density at radius 1 is 1.11 bits per heavy atom. The number of nitrogens with one attached hydrogen (secondary N) is 3. The third-order valence-corrected chi connectivity index (χ3v) is 6.95. The zero-order valence-corrected chi connectivity index (χ0v) is 22.3. The van der Waals surface area contributed by atoms with Gasteiger partial charge < -0.3 is 30.5 Å². The second kappa shape index (κ2) is 14.0. The molecule has 0 bridgehead atoms. The van der Waals surface area contributed by atoms with Gasteiger partial charge >= 0.3 is 0 Å². The zero-order valence-electron chi connectivity index (χ0n) is 22.3. The summed E-state index contributed by atoms with van der Waals surface area (Å²) in [5.41, 5.74) is 0.292. The van der Waals surface area contributed by atoms with Crippen molar-refractivity contribution < 1.29 is 23.9 Å². The molecular weight excluding hydrogens is 474 g/mol. The third kappa shape index (κ3) is 8.73. The van der Waals surface area contributed by atoms with Crippen LogP contribution in [0.25, 0.3) is 0 Å². The monoisotopic (exact) mass is 515 g/mol. The number of carbonyl (C=O) groups excluding carboxylic acids is 4. The highest BCUT2D eigenvalue weighted by molar-refractivity contribution is 5.99. The van der Waals surface area contributed by atoms with Crippen molar-refractivity contribution in [2.75, 3.05) is 46.4 Å². The van der Waals surface area contributed by atoms with Crippen molar-refractivity contribution in [3.63, 3.8) is 0 Å². The largest absolute Gasteiger partial charge is 0.491 e. The van der Waals surface area contributed by atoms with Crippen molar-refractivity contribution in [1.29, 1.82) is 0 Å². The molecule has 2 aliphatic rings. The van der Waals surface area contributed by atoms with Crippen LogP contribution < -0.4 is 20.7 Å². The van der Waals surface area contributed by atoms with E-state index in [4.69, 9.17) is 4.74 Å². The Balaban J connectivity index is 1.76. The maximum atomic E-state index is 13.2. The van der Waals surface area contributed by atoms with Gasteiger partial charge in [0.05, 0.1) is 18.2 Å². The van der Waals surface area contributed by atoms with Crippen LogP contribution >= 0.6 is 0 Å². The number of likely N-dealkylation sites (N-methyl/N-ethyl adjacent to an activating group) is 1. The molecule has 4 amide bonds. The Labute approximate surface area is 219 Å². The number of fused-ring (bicyclic) bond motifs is 1. The summed E-state index contributed by atoms with van der Waals surface area (Å²) in [6.45, 7) is 7.25. The molecule has 3 rings (SSSR count). The summed E-state index contributed by atoms with van der Waals surface area (Å²) < 4.78 is 5.97. The fraction of sp³-hybridized carbons (Fsp3) is 0.630. The molecule has 1 aromatic rings. The molecular formula is C27H41N5O5. The number of likely N-dealkylation sites (tertiary alicyclic amines) is 1. The quantitative estimate of drug-likeness (QED) is 0.541. The van der Waals surface area contributed by atoms with Crippen molar-refractivity contribution in [3.05, 3.63) is 29.8 Å². The van der Waals surface area contributed by atoms with E-state index in [0.29, 0.717) is 17.9 Å². The molecule has 0 radical (unpaired) electrons. The van der Waals surface area contributed by atoms with E-state index in [-0.39, 0.29) is 55.7 Å². The minimum absolute atomic E-state index is 0.0139. The second-order valence-electron chi connectivity index (χ2n) is 10.2. The van der Waals surface area contributed by atoms with Gasteiger partial charge in [-0.25, -0.2) is 0 Å². The van der Waals surface area contributed by atoms with E-state index in [1.54, 1.807) is 31.3 Å². The number of benzene rings is 1. The summed E-state index contributed by atoms with van der Waals surface area (Å²) in [6, 6.07) is 5.61. The van der Waals surface area contributed by atoms with Crippen LogP contribution in [0.15, 0.2) is 24.3 Å². The number of rotatable bonds is 5. The third-order valence-electron chi connectivity index (χ3n) is 6.95. The van der Waals surface area contributed by atoms with Crippen LogP contribution in [-0.4, -0.2) is 91.9 Å². The second-order valence-corrected chi connectivity index (χ2v) is 10.2. The van der Waals surface area contributed by atoms with Gasteiger partial charge in [-0.2, -0.15) is 0 Å². The van der Waals surface area contributed by atoms with Crippen molar-refractivity contribution in [2.45, 2.75) is 58.0 Å². The number of para-hydroxylation sites is 1. The van der Waals surface area contributed by atoms with Gasteiger partial charge in [-0.1, -0.05) is 32.4 Å².